The Bertz CT molecular complexity index is 404. The van der Waals surface area contributed by atoms with Gasteiger partial charge >= 0.3 is 0 Å². The average Bonchev–Trinajstić information content (AvgIpc) is 2.71. The van der Waals surface area contributed by atoms with Crippen LogP contribution in [-0.4, -0.2) is 52.9 Å². The lowest BCUT2D eigenvalue weighted by Crippen LogP contribution is -2.47. The van der Waals surface area contributed by atoms with Crippen LogP contribution in [0.2, 0.25) is 0 Å². The van der Waals surface area contributed by atoms with Crippen LogP contribution in [-0.2, 0) is 19.6 Å². The predicted octanol–water partition coefficient (Wildman–Crippen LogP) is -0.784. The van der Waals surface area contributed by atoms with Gasteiger partial charge in [-0.2, -0.15) is 0 Å². The van der Waals surface area contributed by atoms with Crippen molar-refractivity contribution in [2.75, 3.05) is 26.5 Å². The van der Waals surface area contributed by atoms with Gasteiger partial charge in [-0.1, -0.05) is 6.42 Å². The monoisotopic (exact) mass is 329 g/mol. The number of methoxy groups -OCH3 is 1. The molecule has 1 amide bonds. The summed E-state index contributed by atoms with van der Waals surface area (Å²) in [7, 11) is -1.73. The maximum absolute atomic E-state index is 11.6. The first kappa shape index (κ1) is 19.6. The molecule has 0 bridgehead atoms. The van der Waals surface area contributed by atoms with Gasteiger partial charge in [-0.05, 0) is 18.8 Å². The molecule has 1 fully saturated rings. The first-order valence-corrected chi connectivity index (χ1v) is 8.22. The molecule has 3 unspecified atom stereocenters. The lowest BCUT2D eigenvalue weighted by Gasteiger charge is -2.21. The number of carbonyl (C=O) groups is 1. The molecule has 1 saturated carbocycles. The molecule has 0 saturated heterocycles. The molecule has 0 aromatic carbocycles. The first-order valence-electron chi connectivity index (χ1n) is 6.33. The molecular formula is C11H24ClN3O4S. The Morgan fingerprint density at radius 3 is 2.65 bits per heavy atom. The second-order valence-corrected chi connectivity index (χ2v) is 6.77. The van der Waals surface area contributed by atoms with Gasteiger partial charge in [0, 0.05) is 19.7 Å². The highest BCUT2D eigenvalue weighted by molar-refractivity contribution is 7.88. The fraction of sp³-hybridized carbons (Fsp3) is 0.909. The van der Waals surface area contributed by atoms with E-state index in [1.807, 2.05) is 0 Å². The Kier molecular flexibility index (Phi) is 8.60. The number of ether oxygens (including phenoxy) is 1. The molecule has 7 nitrogen and oxygen atoms in total. The highest BCUT2D eigenvalue weighted by Crippen LogP contribution is 2.25. The van der Waals surface area contributed by atoms with Crippen LogP contribution in [0, 0.1) is 5.92 Å². The summed E-state index contributed by atoms with van der Waals surface area (Å²) in [5, 5.41) is 2.75. The predicted molar refractivity (Wildman–Crippen MR) is 79.2 cm³/mol. The molecule has 1 rings (SSSR count). The van der Waals surface area contributed by atoms with Crippen LogP contribution >= 0.6 is 12.4 Å². The van der Waals surface area contributed by atoms with E-state index in [-0.39, 0.29) is 36.9 Å². The van der Waals surface area contributed by atoms with Crippen molar-refractivity contribution in [1.29, 1.82) is 0 Å². The minimum Gasteiger partial charge on any atom is -0.383 e. The van der Waals surface area contributed by atoms with E-state index in [9.17, 15) is 13.2 Å². The summed E-state index contributed by atoms with van der Waals surface area (Å²) in [5.74, 6) is -0.153. The van der Waals surface area contributed by atoms with Crippen molar-refractivity contribution in [3.05, 3.63) is 0 Å². The summed E-state index contributed by atoms with van der Waals surface area (Å²) < 4.78 is 29.9. The lowest BCUT2D eigenvalue weighted by molar-refractivity contribution is -0.123. The van der Waals surface area contributed by atoms with E-state index in [4.69, 9.17) is 10.5 Å². The smallest absolute Gasteiger partial charge is 0.239 e. The van der Waals surface area contributed by atoms with Crippen LogP contribution in [0.1, 0.15) is 19.3 Å². The van der Waals surface area contributed by atoms with E-state index in [0.717, 1.165) is 25.5 Å². The van der Waals surface area contributed by atoms with E-state index >= 15 is 0 Å². The Labute approximate surface area is 126 Å². The van der Waals surface area contributed by atoms with Gasteiger partial charge in [0.05, 0.1) is 12.9 Å². The zero-order chi connectivity index (χ0) is 14.5. The van der Waals surface area contributed by atoms with Crippen LogP contribution in [0.25, 0.3) is 0 Å². The molecule has 0 heterocycles. The molecule has 3 atom stereocenters. The van der Waals surface area contributed by atoms with Gasteiger partial charge in [0.25, 0.3) is 0 Å². The summed E-state index contributed by atoms with van der Waals surface area (Å²) in [6, 6.07) is -0.790. The largest absolute Gasteiger partial charge is 0.383 e. The second kappa shape index (κ2) is 8.78. The van der Waals surface area contributed by atoms with Gasteiger partial charge < -0.3 is 15.8 Å². The third-order valence-electron chi connectivity index (χ3n) is 3.25. The van der Waals surface area contributed by atoms with Crippen molar-refractivity contribution in [1.82, 2.24) is 10.0 Å². The number of halogens is 1. The minimum atomic E-state index is -3.21. The third-order valence-corrected chi connectivity index (χ3v) is 3.98. The average molecular weight is 330 g/mol. The zero-order valence-electron chi connectivity index (χ0n) is 11.8. The van der Waals surface area contributed by atoms with Gasteiger partial charge in [0.15, 0.2) is 0 Å². The Hall–Kier alpha value is -0.410. The molecule has 0 spiro atoms. The molecule has 0 aliphatic heterocycles. The number of nitrogens with one attached hydrogen (secondary N) is 2. The van der Waals surface area contributed by atoms with Crippen molar-refractivity contribution < 1.29 is 17.9 Å². The quantitative estimate of drug-likeness (QED) is 0.567. The van der Waals surface area contributed by atoms with Gasteiger partial charge in [-0.3, -0.25) is 4.79 Å². The fourth-order valence-corrected chi connectivity index (χ4v) is 3.19. The summed E-state index contributed by atoms with van der Waals surface area (Å²) in [6.07, 6.45) is 3.80. The number of sulfonamides is 1. The summed E-state index contributed by atoms with van der Waals surface area (Å²) in [6.45, 7) is 0.602. The first-order chi connectivity index (χ1) is 8.83. The van der Waals surface area contributed by atoms with E-state index in [1.165, 1.54) is 7.11 Å². The van der Waals surface area contributed by atoms with Crippen molar-refractivity contribution >= 4 is 28.3 Å². The van der Waals surface area contributed by atoms with Crippen LogP contribution < -0.4 is 15.8 Å². The molecule has 0 aromatic rings. The maximum Gasteiger partial charge on any atom is 0.239 e. The summed E-state index contributed by atoms with van der Waals surface area (Å²) >= 11 is 0. The molecule has 20 heavy (non-hydrogen) atoms. The molecule has 9 heteroatoms. The van der Waals surface area contributed by atoms with Gasteiger partial charge in [-0.25, -0.2) is 13.1 Å². The minimum absolute atomic E-state index is 0. The van der Waals surface area contributed by atoms with Crippen LogP contribution in [0.15, 0.2) is 0 Å². The number of hydrogen-bond donors (Lipinski definition) is 3. The summed E-state index contributed by atoms with van der Waals surface area (Å²) in [5.41, 5.74) is 5.60. The van der Waals surface area contributed by atoms with Gasteiger partial charge in [-0.15, -0.1) is 12.4 Å². The molecule has 4 N–H and O–H groups in total. The highest BCUT2D eigenvalue weighted by Gasteiger charge is 2.29. The van der Waals surface area contributed by atoms with Crippen molar-refractivity contribution in [2.45, 2.75) is 31.3 Å². The lowest BCUT2D eigenvalue weighted by atomic mass is 10.0. The highest BCUT2D eigenvalue weighted by atomic mass is 35.5. The normalized spacial score (nSPS) is 23.9. The Balaban J connectivity index is 0.00000361. The molecule has 0 aromatic heterocycles. The zero-order valence-corrected chi connectivity index (χ0v) is 13.4. The third kappa shape index (κ3) is 6.85. The number of hydrogen-bond acceptors (Lipinski definition) is 5. The van der Waals surface area contributed by atoms with Crippen molar-refractivity contribution in [3.8, 4) is 0 Å². The van der Waals surface area contributed by atoms with E-state index in [0.29, 0.717) is 6.54 Å². The topological polar surface area (TPSA) is 111 Å². The Morgan fingerprint density at radius 2 is 2.10 bits per heavy atom. The fourth-order valence-electron chi connectivity index (χ4n) is 2.33. The molecular weight excluding hydrogens is 306 g/mol. The number of nitrogens with two attached hydrogens (primary N) is 1. The van der Waals surface area contributed by atoms with Crippen LogP contribution in [0.3, 0.4) is 0 Å². The van der Waals surface area contributed by atoms with Crippen molar-refractivity contribution in [3.63, 3.8) is 0 Å². The summed E-state index contributed by atoms with van der Waals surface area (Å²) in [4.78, 5) is 11.6. The molecule has 1 aliphatic rings. The Morgan fingerprint density at radius 1 is 1.45 bits per heavy atom. The molecule has 1 aliphatic carbocycles. The van der Waals surface area contributed by atoms with Crippen LogP contribution in [0.5, 0.6) is 0 Å². The van der Waals surface area contributed by atoms with Crippen LogP contribution in [0.4, 0.5) is 0 Å². The van der Waals surface area contributed by atoms with Crippen molar-refractivity contribution in [2.24, 2.45) is 11.7 Å². The van der Waals surface area contributed by atoms with Gasteiger partial charge in [0.2, 0.25) is 15.9 Å². The second-order valence-electron chi connectivity index (χ2n) is 4.99. The number of amides is 1. The maximum atomic E-state index is 11.6. The number of rotatable bonds is 7. The molecule has 0 radical (unpaired) electrons. The standard InChI is InChI=1S/C11H23N3O4S.ClH/c1-18-7-9(12)11(15)13-6-8-4-3-5-10(8)14-19(2,16)17;/h8-10,14H,3-7,12H2,1-2H3,(H,13,15);1H. The molecule has 120 valence electrons. The van der Waals surface area contributed by atoms with Gasteiger partial charge in [0.1, 0.15) is 6.04 Å². The van der Waals surface area contributed by atoms with E-state index in [2.05, 4.69) is 10.0 Å². The number of carbonyl (C=O) groups excluding carboxylic acids is 1. The van der Waals surface area contributed by atoms with E-state index < -0.39 is 16.1 Å². The van der Waals surface area contributed by atoms with E-state index in [1.54, 1.807) is 0 Å². The SMILES string of the molecule is COCC(N)C(=O)NCC1CCCC1NS(C)(=O)=O.Cl.